The van der Waals surface area contributed by atoms with Crippen molar-refractivity contribution in [1.29, 1.82) is 0 Å². The lowest BCUT2D eigenvalue weighted by Gasteiger charge is -2.36. The van der Waals surface area contributed by atoms with E-state index in [9.17, 15) is 14.7 Å². The number of hydrogen-bond acceptors (Lipinski definition) is 6. The molecule has 10 nitrogen and oxygen atoms in total. The van der Waals surface area contributed by atoms with Crippen LogP contribution in [0.3, 0.4) is 0 Å². The number of morpholine rings is 1. The fraction of sp³-hybridized carbons (Fsp3) is 0.367. The maximum absolute atomic E-state index is 15.1. The molecule has 1 aromatic heterocycles. The molecular formula is C49H53N5O5. The lowest BCUT2D eigenvalue weighted by Crippen LogP contribution is -2.43. The number of ether oxygens (including phenoxy) is 1. The number of aromatic nitrogens is 1. The normalized spacial score (nSPS) is 17.8. The SMILES string of the molecule is C[C@@H]1Cc2ccccc2CN1C(=O)c1cc2c(cc1-c1cc(C(=O)N(C)c3ccc(O)cc3)c3n1CCCC3)CCN(C(=O)Cc1ccc(CN3CCOCC3)cc1)C2. The zero-order chi connectivity index (χ0) is 40.6. The van der Waals surface area contributed by atoms with Crippen LogP contribution in [0.15, 0.2) is 91.0 Å². The fourth-order valence-electron chi connectivity index (χ4n) is 9.44. The molecule has 4 aliphatic rings. The van der Waals surface area contributed by atoms with Gasteiger partial charge in [-0.05, 0) is 115 Å². The van der Waals surface area contributed by atoms with Gasteiger partial charge < -0.3 is 29.1 Å². The molecule has 5 heterocycles. The van der Waals surface area contributed by atoms with Gasteiger partial charge in [0, 0.05) is 87.1 Å². The van der Waals surface area contributed by atoms with E-state index in [-0.39, 0.29) is 29.5 Å². The highest BCUT2D eigenvalue weighted by molar-refractivity contribution is 6.08. The Balaban J connectivity index is 1.04. The molecule has 0 radical (unpaired) electrons. The molecular weight excluding hydrogens is 739 g/mol. The second-order valence-electron chi connectivity index (χ2n) is 16.7. The molecule has 0 spiro atoms. The second kappa shape index (κ2) is 16.5. The molecule has 59 heavy (non-hydrogen) atoms. The number of rotatable bonds is 8. The van der Waals surface area contributed by atoms with Gasteiger partial charge in [-0.2, -0.15) is 0 Å². The molecule has 0 aliphatic carbocycles. The number of phenolic OH excluding ortho intramolecular Hbond substituents is 1. The Morgan fingerprint density at radius 2 is 1.51 bits per heavy atom. The van der Waals surface area contributed by atoms with Gasteiger partial charge in [0.1, 0.15) is 5.75 Å². The predicted octanol–water partition coefficient (Wildman–Crippen LogP) is 7.02. The first-order valence-corrected chi connectivity index (χ1v) is 21.2. The van der Waals surface area contributed by atoms with Crippen LogP contribution in [-0.4, -0.2) is 88.0 Å². The Kier molecular flexibility index (Phi) is 10.9. The molecule has 1 atom stereocenters. The third kappa shape index (κ3) is 7.91. The van der Waals surface area contributed by atoms with Gasteiger partial charge in [-0.25, -0.2) is 0 Å². The molecule has 9 rings (SSSR count). The summed E-state index contributed by atoms with van der Waals surface area (Å²) in [5.74, 6) is 0.0644. The Morgan fingerprint density at radius 1 is 0.763 bits per heavy atom. The Bertz CT molecular complexity index is 2380. The number of anilines is 1. The largest absolute Gasteiger partial charge is 0.508 e. The lowest BCUT2D eigenvalue weighted by atomic mass is 9.89. The molecule has 1 saturated heterocycles. The van der Waals surface area contributed by atoms with Gasteiger partial charge in [-0.3, -0.25) is 19.3 Å². The van der Waals surface area contributed by atoms with E-state index in [1.165, 1.54) is 11.1 Å². The summed E-state index contributed by atoms with van der Waals surface area (Å²) in [5.41, 5.74) is 11.4. The number of hydrogen-bond donors (Lipinski definition) is 1. The van der Waals surface area contributed by atoms with E-state index < -0.39 is 0 Å². The van der Waals surface area contributed by atoms with Gasteiger partial charge in [0.15, 0.2) is 0 Å². The molecule has 1 N–H and O–H groups in total. The van der Waals surface area contributed by atoms with Gasteiger partial charge in [0.05, 0.1) is 25.2 Å². The monoisotopic (exact) mass is 791 g/mol. The molecule has 4 aromatic carbocycles. The Morgan fingerprint density at radius 3 is 2.29 bits per heavy atom. The maximum atomic E-state index is 15.1. The topological polar surface area (TPSA) is 98.6 Å². The van der Waals surface area contributed by atoms with Gasteiger partial charge in [0.2, 0.25) is 5.91 Å². The third-order valence-electron chi connectivity index (χ3n) is 12.9. The lowest BCUT2D eigenvalue weighted by molar-refractivity contribution is -0.131. The molecule has 10 heteroatoms. The van der Waals surface area contributed by atoms with Gasteiger partial charge in [-0.15, -0.1) is 0 Å². The van der Waals surface area contributed by atoms with E-state index in [4.69, 9.17) is 4.74 Å². The zero-order valence-corrected chi connectivity index (χ0v) is 34.2. The van der Waals surface area contributed by atoms with Crippen molar-refractivity contribution in [2.75, 3.05) is 44.8 Å². The Labute approximate surface area is 346 Å². The number of carbonyl (C=O) groups is 3. The summed E-state index contributed by atoms with van der Waals surface area (Å²) in [5, 5.41) is 9.89. The minimum atomic E-state index is -0.124. The van der Waals surface area contributed by atoms with Crippen LogP contribution in [0.25, 0.3) is 11.3 Å². The van der Waals surface area contributed by atoms with E-state index in [2.05, 4.69) is 64.9 Å². The van der Waals surface area contributed by atoms with Gasteiger partial charge in [-0.1, -0.05) is 48.5 Å². The number of nitrogens with zero attached hydrogens (tertiary/aromatic N) is 5. The van der Waals surface area contributed by atoms with Crippen molar-refractivity contribution in [2.45, 2.75) is 77.7 Å². The van der Waals surface area contributed by atoms with Crippen LogP contribution < -0.4 is 4.90 Å². The van der Waals surface area contributed by atoms with Crippen molar-refractivity contribution in [1.82, 2.24) is 19.3 Å². The van der Waals surface area contributed by atoms with Crippen LogP contribution in [0.2, 0.25) is 0 Å². The van der Waals surface area contributed by atoms with Crippen molar-refractivity contribution in [3.63, 3.8) is 0 Å². The summed E-state index contributed by atoms with van der Waals surface area (Å²) in [6.45, 7) is 8.73. The summed E-state index contributed by atoms with van der Waals surface area (Å²) in [7, 11) is 1.76. The summed E-state index contributed by atoms with van der Waals surface area (Å²) in [4.78, 5) is 51.2. The summed E-state index contributed by atoms with van der Waals surface area (Å²) in [6, 6.07) is 29.7. The predicted molar refractivity (Wildman–Crippen MR) is 228 cm³/mol. The average Bonchev–Trinajstić information content (AvgIpc) is 3.65. The third-order valence-corrected chi connectivity index (χ3v) is 12.9. The van der Waals surface area contributed by atoms with Crippen LogP contribution in [0.5, 0.6) is 5.75 Å². The summed E-state index contributed by atoms with van der Waals surface area (Å²) >= 11 is 0. The minimum Gasteiger partial charge on any atom is -0.508 e. The van der Waals surface area contributed by atoms with Crippen LogP contribution >= 0.6 is 0 Å². The van der Waals surface area contributed by atoms with E-state index in [0.717, 1.165) is 104 Å². The molecule has 304 valence electrons. The fourth-order valence-corrected chi connectivity index (χ4v) is 9.44. The van der Waals surface area contributed by atoms with E-state index in [0.29, 0.717) is 49.3 Å². The summed E-state index contributed by atoms with van der Waals surface area (Å²) < 4.78 is 7.76. The van der Waals surface area contributed by atoms with E-state index >= 15 is 4.79 Å². The van der Waals surface area contributed by atoms with Crippen molar-refractivity contribution >= 4 is 23.4 Å². The maximum Gasteiger partial charge on any atom is 0.259 e. The van der Waals surface area contributed by atoms with Crippen LogP contribution in [-0.2, 0) is 61.4 Å². The van der Waals surface area contributed by atoms with Crippen LogP contribution in [0.1, 0.15) is 79.6 Å². The molecule has 5 aromatic rings. The number of phenols is 1. The van der Waals surface area contributed by atoms with Crippen LogP contribution in [0, 0.1) is 0 Å². The van der Waals surface area contributed by atoms with E-state index in [1.54, 1.807) is 36.2 Å². The zero-order valence-electron chi connectivity index (χ0n) is 34.2. The number of carbonyl (C=O) groups excluding carboxylic acids is 3. The quantitative estimate of drug-likeness (QED) is 0.182. The second-order valence-corrected chi connectivity index (χ2v) is 16.7. The number of aromatic hydroxyl groups is 1. The van der Waals surface area contributed by atoms with E-state index in [1.807, 2.05) is 28.0 Å². The molecule has 4 aliphatic heterocycles. The highest BCUT2D eigenvalue weighted by Gasteiger charge is 2.33. The Hall–Kier alpha value is -5.71. The highest BCUT2D eigenvalue weighted by atomic mass is 16.5. The standard InChI is InChI=1S/C49H53N5O5/c1-33-25-36-7-3-4-8-38(36)32-54(33)49(58)43-28-39-31-52(47(56)26-34-10-12-35(13-11-34)30-51-21-23-59-24-22-51)20-18-37(39)27-42(43)46-29-44(45-9-5-6-19-53(45)46)48(57)50(2)40-14-16-41(55)17-15-40/h3-4,7-8,10-17,27-29,33,55H,5-6,9,18-26,30-32H2,1-2H3/t33-/m1/s1. The van der Waals surface area contributed by atoms with Gasteiger partial charge in [0.25, 0.3) is 11.8 Å². The van der Waals surface area contributed by atoms with Crippen molar-refractivity contribution in [3.05, 3.63) is 141 Å². The molecule has 0 bridgehead atoms. The molecule has 3 amide bonds. The first-order chi connectivity index (χ1) is 28.7. The number of amides is 3. The van der Waals surface area contributed by atoms with Crippen LogP contribution in [0.4, 0.5) is 5.69 Å². The average molecular weight is 792 g/mol. The first kappa shape index (κ1) is 38.8. The minimum absolute atomic E-state index is 0.00283. The van der Waals surface area contributed by atoms with Crippen molar-refractivity contribution in [2.24, 2.45) is 0 Å². The number of fused-ring (bicyclic) bond motifs is 3. The highest BCUT2D eigenvalue weighted by Crippen LogP contribution is 2.38. The smallest absolute Gasteiger partial charge is 0.259 e. The molecule has 0 unspecified atom stereocenters. The van der Waals surface area contributed by atoms with Crippen molar-refractivity contribution in [3.8, 4) is 17.0 Å². The molecule has 1 fully saturated rings. The van der Waals surface area contributed by atoms with Gasteiger partial charge >= 0.3 is 0 Å². The number of benzene rings is 4. The molecule has 0 saturated carbocycles. The van der Waals surface area contributed by atoms with Crippen molar-refractivity contribution < 1.29 is 24.2 Å². The first-order valence-electron chi connectivity index (χ1n) is 21.2. The summed E-state index contributed by atoms with van der Waals surface area (Å²) in [6.07, 6.45) is 4.52.